The molecule has 2 atom stereocenters. The summed E-state index contributed by atoms with van der Waals surface area (Å²) in [6, 6.07) is 6.64. The van der Waals surface area contributed by atoms with Crippen molar-refractivity contribution < 1.29 is 0 Å². The molecule has 2 rings (SSSR count). The molecule has 0 aliphatic carbocycles. The van der Waals surface area contributed by atoms with Crippen molar-refractivity contribution in [3.63, 3.8) is 0 Å². The van der Waals surface area contributed by atoms with Gasteiger partial charge >= 0.3 is 0 Å². The van der Waals surface area contributed by atoms with Crippen molar-refractivity contribution in [3.05, 3.63) is 33.3 Å². The molecule has 2 unspecified atom stereocenters. The van der Waals surface area contributed by atoms with Crippen molar-refractivity contribution in [2.75, 3.05) is 26.7 Å². The number of hydrogen-bond acceptors (Lipinski definition) is 2. The smallest absolute Gasteiger partial charge is 0.0454 e. The van der Waals surface area contributed by atoms with E-state index in [0.717, 1.165) is 22.6 Å². The molecule has 0 bridgehead atoms. The molecule has 1 saturated heterocycles. The first kappa shape index (κ1) is 15.3. The lowest BCUT2D eigenvalue weighted by Gasteiger charge is -2.29. The zero-order chi connectivity index (χ0) is 13.8. The summed E-state index contributed by atoms with van der Waals surface area (Å²) in [5.74, 6) is 0.642. The molecular formula is C15H22BrClN2. The largest absolute Gasteiger partial charge is 0.319 e. The maximum atomic E-state index is 6.44. The highest BCUT2D eigenvalue weighted by Crippen LogP contribution is 2.40. The molecule has 2 nitrogen and oxygen atoms in total. The van der Waals surface area contributed by atoms with Crippen molar-refractivity contribution in [2.24, 2.45) is 5.92 Å². The van der Waals surface area contributed by atoms with E-state index >= 15 is 0 Å². The Kier molecular flexibility index (Phi) is 5.70. The van der Waals surface area contributed by atoms with Gasteiger partial charge in [0, 0.05) is 15.5 Å². The maximum absolute atomic E-state index is 6.44. The lowest BCUT2D eigenvalue weighted by molar-refractivity contribution is 0.227. The van der Waals surface area contributed by atoms with Crippen LogP contribution in [0.1, 0.15) is 31.4 Å². The fourth-order valence-corrected chi connectivity index (χ4v) is 3.74. The van der Waals surface area contributed by atoms with Gasteiger partial charge in [-0.2, -0.15) is 0 Å². The van der Waals surface area contributed by atoms with E-state index in [1.807, 2.05) is 19.2 Å². The van der Waals surface area contributed by atoms with Gasteiger partial charge in [-0.15, -0.1) is 0 Å². The van der Waals surface area contributed by atoms with Gasteiger partial charge in [-0.3, -0.25) is 4.90 Å². The monoisotopic (exact) mass is 344 g/mol. The molecule has 0 spiro atoms. The first-order valence-electron chi connectivity index (χ1n) is 7.01. The molecule has 0 amide bonds. The van der Waals surface area contributed by atoms with E-state index in [1.165, 1.54) is 24.9 Å². The molecule has 1 heterocycles. The van der Waals surface area contributed by atoms with Gasteiger partial charge in [0.25, 0.3) is 0 Å². The van der Waals surface area contributed by atoms with Crippen LogP contribution in [-0.2, 0) is 0 Å². The number of benzene rings is 1. The van der Waals surface area contributed by atoms with Crippen LogP contribution in [-0.4, -0.2) is 31.6 Å². The summed E-state index contributed by atoms with van der Waals surface area (Å²) in [7, 11) is 2.03. The third kappa shape index (κ3) is 3.52. The zero-order valence-electron chi connectivity index (χ0n) is 11.6. The third-order valence-electron chi connectivity index (χ3n) is 3.88. The lowest BCUT2D eigenvalue weighted by atomic mass is 9.93. The lowest BCUT2D eigenvalue weighted by Crippen LogP contribution is -2.30. The third-order valence-corrected chi connectivity index (χ3v) is 4.72. The molecule has 106 valence electrons. The van der Waals surface area contributed by atoms with Crippen LogP contribution in [0.2, 0.25) is 5.02 Å². The van der Waals surface area contributed by atoms with Gasteiger partial charge in [-0.05, 0) is 69.2 Å². The molecule has 19 heavy (non-hydrogen) atoms. The molecule has 1 fully saturated rings. The first-order chi connectivity index (χ1) is 9.17. The van der Waals surface area contributed by atoms with Crippen molar-refractivity contribution in [1.82, 2.24) is 10.2 Å². The standard InChI is InChI=1S/C15H22BrClN2/c1-3-7-19-8-6-11(10-18-2)15(19)13-9-12(16)4-5-14(13)17/h4-5,9,11,15,18H,3,6-8,10H2,1-2H3. The molecule has 0 radical (unpaired) electrons. The Morgan fingerprint density at radius 1 is 1.47 bits per heavy atom. The fraction of sp³-hybridized carbons (Fsp3) is 0.600. The molecule has 4 heteroatoms. The topological polar surface area (TPSA) is 15.3 Å². The summed E-state index contributed by atoms with van der Waals surface area (Å²) in [6.45, 7) is 5.61. The van der Waals surface area contributed by atoms with E-state index in [2.05, 4.69) is 39.1 Å². The maximum Gasteiger partial charge on any atom is 0.0454 e. The highest BCUT2D eigenvalue weighted by Gasteiger charge is 2.35. The predicted molar refractivity (Wildman–Crippen MR) is 85.8 cm³/mol. The summed E-state index contributed by atoms with van der Waals surface area (Å²) < 4.78 is 1.11. The minimum Gasteiger partial charge on any atom is -0.319 e. The van der Waals surface area contributed by atoms with Gasteiger partial charge in [-0.1, -0.05) is 34.5 Å². The Morgan fingerprint density at radius 3 is 2.95 bits per heavy atom. The Balaban J connectivity index is 2.31. The van der Waals surface area contributed by atoms with E-state index in [4.69, 9.17) is 11.6 Å². The van der Waals surface area contributed by atoms with Gasteiger partial charge in [0.15, 0.2) is 0 Å². The number of halogens is 2. The average Bonchev–Trinajstić information content (AvgIpc) is 2.76. The minimum absolute atomic E-state index is 0.442. The second-order valence-electron chi connectivity index (χ2n) is 5.25. The first-order valence-corrected chi connectivity index (χ1v) is 8.18. The van der Waals surface area contributed by atoms with E-state index in [0.29, 0.717) is 12.0 Å². The second kappa shape index (κ2) is 7.07. The van der Waals surface area contributed by atoms with Crippen molar-refractivity contribution in [2.45, 2.75) is 25.8 Å². The normalized spacial score (nSPS) is 24.0. The van der Waals surface area contributed by atoms with E-state index < -0.39 is 0 Å². The number of likely N-dealkylation sites (tertiary alicyclic amines) is 1. The Bertz CT molecular complexity index is 411. The van der Waals surface area contributed by atoms with Crippen LogP contribution in [0.15, 0.2) is 22.7 Å². The number of hydrogen-bond donors (Lipinski definition) is 1. The molecule has 1 aromatic carbocycles. The quantitative estimate of drug-likeness (QED) is 0.864. The predicted octanol–water partition coefficient (Wildman–Crippen LogP) is 4.09. The summed E-state index contributed by atoms with van der Waals surface area (Å²) in [6.07, 6.45) is 2.43. The average molecular weight is 346 g/mol. The van der Waals surface area contributed by atoms with Gasteiger partial charge < -0.3 is 5.32 Å². The van der Waals surface area contributed by atoms with Gasteiger partial charge in [0.2, 0.25) is 0 Å². The Labute approximate surface area is 129 Å². The second-order valence-corrected chi connectivity index (χ2v) is 6.58. The molecule has 0 saturated carbocycles. The number of nitrogens with one attached hydrogen (secondary N) is 1. The van der Waals surface area contributed by atoms with Gasteiger partial charge in [0.1, 0.15) is 0 Å². The number of nitrogens with zero attached hydrogens (tertiary/aromatic N) is 1. The number of rotatable bonds is 5. The van der Waals surface area contributed by atoms with Crippen LogP contribution in [0.25, 0.3) is 0 Å². The Morgan fingerprint density at radius 2 is 2.26 bits per heavy atom. The fourth-order valence-electron chi connectivity index (χ4n) is 3.13. The molecular weight excluding hydrogens is 324 g/mol. The van der Waals surface area contributed by atoms with E-state index in [1.54, 1.807) is 0 Å². The Hall–Kier alpha value is -0.0900. The van der Waals surface area contributed by atoms with Crippen LogP contribution in [0.4, 0.5) is 0 Å². The van der Waals surface area contributed by atoms with E-state index in [9.17, 15) is 0 Å². The zero-order valence-corrected chi connectivity index (χ0v) is 14.0. The van der Waals surface area contributed by atoms with Crippen LogP contribution in [0.5, 0.6) is 0 Å². The van der Waals surface area contributed by atoms with Crippen molar-refractivity contribution in [3.8, 4) is 0 Å². The summed E-state index contributed by atoms with van der Waals surface area (Å²) in [5.41, 5.74) is 1.27. The molecule has 1 N–H and O–H groups in total. The summed E-state index contributed by atoms with van der Waals surface area (Å²) in [4.78, 5) is 2.58. The van der Waals surface area contributed by atoms with Gasteiger partial charge in [-0.25, -0.2) is 0 Å². The highest BCUT2D eigenvalue weighted by atomic mass is 79.9. The minimum atomic E-state index is 0.442. The highest BCUT2D eigenvalue weighted by molar-refractivity contribution is 9.10. The molecule has 1 aliphatic rings. The van der Waals surface area contributed by atoms with Crippen molar-refractivity contribution >= 4 is 27.5 Å². The van der Waals surface area contributed by atoms with E-state index in [-0.39, 0.29) is 0 Å². The van der Waals surface area contributed by atoms with Crippen LogP contribution in [0.3, 0.4) is 0 Å². The van der Waals surface area contributed by atoms with Crippen molar-refractivity contribution in [1.29, 1.82) is 0 Å². The van der Waals surface area contributed by atoms with Crippen LogP contribution < -0.4 is 5.32 Å². The summed E-state index contributed by atoms with van der Waals surface area (Å²) in [5, 5.41) is 4.21. The molecule has 0 aromatic heterocycles. The summed E-state index contributed by atoms with van der Waals surface area (Å²) >= 11 is 10.0. The van der Waals surface area contributed by atoms with Crippen LogP contribution >= 0.6 is 27.5 Å². The molecule has 1 aliphatic heterocycles. The molecule has 1 aromatic rings. The SMILES string of the molecule is CCCN1CCC(CNC)C1c1cc(Br)ccc1Cl. The van der Waals surface area contributed by atoms with Gasteiger partial charge in [0.05, 0.1) is 0 Å². The van der Waals surface area contributed by atoms with Crippen LogP contribution in [0, 0.1) is 5.92 Å².